The highest BCUT2D eigenvalue weighted by molar-refractivity contribution is 5.85. The summed E-state index contributed by atoms with van der Waals surface area (Å²) in [5.74, 6) is 0. The van der Waals surface area contributed by atoms with Crippen LogP contribution in [0.4, 0.5) is 0 Å². The van der Waals surface area contributed by atoms with Crippen LogP contribution in [-0.2, 0) is 0 Å². The van der Waals surface area contributed by atoms with Crippen molar-refractivity contribution in [3.05, 3.63) is 60.2 Å². The largest absolute Gasteiger partial charge is 0.329 e. The van der Waals surface area contributed by atoms with E-state index in [0.717, 1.165) is 5.56 Å². The minimum Gasteiger partial charge on any atom is -0.329 e. The molecule has 0 saturated carbocycles. The third-order valence-electron chi connectivity index (χ3n) is 2.68. The number of hydrogen-bond donors (Lipinski definition) is 2. The first-order valence-corrected chi connectivity index (χ1v) is 5.42. The van der Waals surface area contributed by atoms with E-state index in [1.165, 1.54) is 11.1 Å². The molecule has 3 heteroatoms. The van der Waals surface area contributed by atoms with Crippen molar-refractivity contribution < 1.29 is 0 Å². The van der Waals surface area contributed by atoms with Crippen LogP contribution in [0.5, 0.6) is 0 Å². The van der Waals surface area contributed by atoms with Gasteiger partial charge in [0, 0.05) is 12.6 Å². The quantitative estimate of drug-likeness (QED) is 0.878. The molecule has 2 rings (SSSR count). The van der Waals surface area contributed by atoms with Crippen LogP contribution in [-0.4, -0.2) is 6.54 Å². The normalized spacial score (nSPS) is 11.6. The number of rotatable bonds is 3. The lowest BCUT2D eigenvalue weighted by atomic mass is 10.00. The first-order chi connectivity index (χ1) is 7.81. The molecule has 4 N–H and O–H groups in total. The van der Waals surface area contributed by atoms with Crippen LogP contribution in [0.3, 0.4) is 0 Å². The molecule has 0 radical (unpaired) electrons. The molecule has 0 aliphatic heterocycles. The predicted molar refractivity (Wildman–Crippen MR) is 75.1 cm³/mol. The highest BCUT2D eigenvalue weighted by Gasteiger charge is 2.04. The zero-order valence-corrected chi connectivity index (χ0v) is 10.4. The Morgan fingerprint density at radius 1 is 0.882 bits per heavy atom. The maximum absolute atomic E-state index is 5.92. The second-order valence-electron chi connectivity index (χ2n) is 3.83. The molecule has 17 heavy (non-hydrogen) atoms. The fourth-order valence-electron chi connectivity index (χ4n) is 1.72. The molecule has 0 heterocycles. The Balaban J connectivity index is 0.00000144. The van der Waals surface area contributed by atoms with Gasteiger partial charge in [-0.3, -0.25) is 0 Å². The first-order valence-electron chi connectivity index (χ1n) is 5.42. The van der Waals surface area contributed by atoms with E-state index >= 15 is 0 Å². The van der Waals surface area contributed by atoms with Crippen molar-refractivity contribution in [2.45, 2.75) is 6.04 Å². The fraction of sp³-hybridized carbons (Fsp3) is 0.143. The van der Waals surface area contributed by atoms with Crippen LogP contribution in [0.1, 0.15) is 11.6 Å². The molecule has 90 valence electrons. The smallest absolute Gasteiger partial charge is 0.0419 e. The summed E-state index contributed by atoms with van der Waals surface area (Å²) in [6, 6.07) is 18.4. The minimum absolute atomic E-state index is 0. The number of hydrogen-bond acceptors (Lipinski definition) is 2. The lowest BCUT2D eigenvalue weighted by Crippen LogP contribution is -2.20. The Labute approximate surface area is 108 Å². The molecule has 0 fully saturated rings. The van der Waals surface area contributed by atoms with Crippen molar-refractivity contribution in [2.24, 2.45) is 11.5 Å². The zero-order chi connectivity index (χ0) is 11.4. The van der Waals surface area contributed by atoms with Gasteiger partial charge < -0.3 is 11.5 Å². The van der Waals surface area contributed by atoms with Crippen molar-refractivity contribution in [1.82, 2.24) is 0 Å². The highest BCUT2D eigenvalue weighted by atomic mass is 35.5. The molecule has 0 saturated heterocycles. The van der Waals surface area contributed by atoms with Crippen molar-refractivity contribution in [1.29, 1.82) is 0 Å². The van der Waals surface area contributed by atoms with Gasteiger partial charge >= 0.3 is 0 Å². The van der Waals surface area contributed by atoms with E-state index in [4.69, 9.17) is 11.5 Å². The SMILES string of the molecule is Cl.NC[C@@H](N)c1cccc(-c2ccccc2)c1. The maximum atomic E-state index is 5.92. The van der Waals surface area contributed by atoms with Gasteiger partial charge in [-0.15, -0.1) is 12.4 Å². The van der Waals surface area contributed by atoms with Crippen LogP contribution in [0.2, 0.25) is 0 Å². The Kier molecular flexibility index (Phi) is 5.16. The average Bonchev–Trinajstić information content (AvgIpc) is 2.39. The molecule has 0 aromatic heterocycles. The second-order valence-corrected chi connectivity index (χ2v) is 3.83. The van der Waals surface area contributed by atoms with Gasteiger partial charge in [0.15, 0.2) is 0 Å². The van der Waals surface area contributed by atoms with E-state index in [-0.39, 0.29) is 18.4 Å². The summed E-state index contributed by atoms with van der Waals surface area (Å²) in [5, 5.41) is 0. The Bertz CT molecular complexity index is 457. The van der Waals surface area contributed by atoms with Crippen molar-refractivity contribution >= 4 is 12.4 Å². The first kappa shape index (κ1) is 13.7. The fourth-order valence-corrected chi connectivity index (χ4v) is 1.72. The molecular formula is C14H17ClN2. The summed E-state index contributed by atoms with van der Waals surface area (Å²) in [6.07, 6.45) is 0. The standard InChI is InChI=1S/C14H16N2.ClH/c15-10-14(16)13-8-4-7-12(9-13)11-5-2-1-3-6-11;/h1-9,14H,10,15-16H2;1H/t14-;/m1./s1. The highest BCUT2D eigenvalue weighted by Crippen LogP contribution is 2.21. The second kappa shape index (κ2) is 6.40. The molecule has 0 unspecified atom stereocenters. The van der Waals surface area contributed by atoms with E-state index in [0.29, 0.717) is 6.54 Å². The van der Waals surface area contributed by atoms with Gasteiger partial charge in [0.1, 0.15) is 0 Å². The van der Waals surface area contributed by atoms with Gasteiger partial charge in [-0.05, 0) is 22.8 Å². The number of nitrogens with two attached hydrogens (primary N) is 2. The lowest BCUT2D eigenvalue weighted by Gasteiger charge is -2.10. The molecule has 2 nitrogen and oxygen atoms in total. The average molecular weight is 249 g/mol. The third kappa shape index (κ3) is 3.30. The Hall–Kier alpha value is -1.35. The topological polar surface area (TPSA) is 52.0 Å². The molecule has 0 aliphatic rings. The number of halogens is 1. The van der Waals surface area contributed by atoms with Crippen LogP contribution >= 0.6 is 12.4 Å². The van der Waals surface area contributed by atoms with Gasteiger partial charge in [-0.2, -0.15) is 0 Å². The molecule has 0 bridgehead atoms. The molecule has 2 aromatic carbocycles. The van der Waals surface area contributed by atoms with Crippen molar-refractivity contribution in [2.75, 3.05) is 6.54 Å². The molecule has 2 aromatic rings. The van der Waals surface area contributed by atoms with E-state index in [9.17, 15) is 0 Å². The molecule has 0 spiro atoms. The van der Waals surface area contributed by atoms with Crippen LogP contribution in [0.25, 0.3) is 11.1 Å². The number of benzene rings is 2. The van der Waals surface area contributed by atoms with Gasteiger partial charge in [0.25, 0.3) is 0 Å². The van der Waals surface area contributed by atoms with Gasteiger partial charge in [-0.25, -0.2) is 0 Å². The molecule has 0 aliphatic carbocycles. The maximum Gasteiger partial charge on any atom is 0.0419 e. The van der Waals surface area contributed by atoms with Crippen molar-refractivity contribution in [3.63, 3.8) is 0 Å². The summed E-state index contributed by atoms with van der Waals surface area (Å²) in [6.45, 7) is 0.470. The molecule has 1 atom stereocenters. The van der Waals surface area contributed by atoms with Crippen LogP contribution in [0.15, 0.2) is 54.6 Å². The summed E-state index contributed by atoms with van der Waals surface area (Å²) in [5.41, 5.74) is 15.0. The predicted octanol–water partition coefficient (Wildman–Crippen LogP) is 2.73. The summed E-state index contributed by atoms with van der Waals surface area (Å²) in [4.78, 5) is 0. The van der Waals surface area contributed by atoms with Crippen LogP contribution in [0, 0.1) is 0 Å². The third-order valence-corrected chi connectivity index (χ3v) is 2.68. The van der Waals surface area contributed by atoms with Crippen LogP contribution < -0.4 is 11.5 Å². The monoisotopic (exact) mass is 248 g/mol. The lowest BCUT2D eigenvalue weighted by molar-refractivity contribution is 0.737. The summed E-state index contributed by atoms with van der Waals surface area (Å²) >= 11 is 0. The van der Waals surface area contributed by atoms with Crippen molar-refractivity contribution in [3.8, 4) is 11.1 Å². The van der Waals surface area contributed by atoms with E-state index in [1.54, 1.807) is 0 Å². The molecule has 0 amide bonds. The van der Waals surface area contributed by atoms with E-state index in [1.807, 2.05) is 30.3 Å². The Morgan fingerprint density at radius 3 is 2.18 bits per heavy atom. The molecular weight excluding hydrogens is 232 g/mol. The van der Waals surface area contributed by atoms with E-state index < -0.39 is 0 Å². The summed E-state index contributed by atoms with van der Waals surface area (Å²) in [7, 11) is 0. The minimum atomic E-state index is -0.0799. The van der Waals surface area contributed by atoms with Gasteiger partial charge in [0.05, 0.1) is 0 Å². The van der Waals surface area contributed by atoms with E-state index in [2.05, 4.69) is 24.3 Å². The summed E-state index contributed by atoms with van der Waals surface area (Å²) < 4.78 is 0. The Morgan fingerprint density at radius 2 is 1.53 bits per heavy atom. The van der Waals surface area contributed by atoms with Gasteiger partial charge in [-0.1, -0.05) is 48.5 Å². The van der Waals surface area contributed by atoms with Gasteiger partial charge in [0.2, 0.25) is 0 Å². The zero-order valence-electron chi connectivity index (χ0n) is 9.54.